The summed E-state index contributed by atoms with van der Waals surface area (Å²) in [6, 6.07) is -1.25. The molecule has 1 aliphatic heterocycles. The Morgan fingerprint density at radius 3 is 2.71 bits per heavy atom. The molecule has 0 radical (unpaired) electrons. The summed E-state index contributed by atoms with van der Waals surface area (Å²) in [6.45, 7) is 3.94. The van der Waals surface area contributed by atoms with Crippen LogP contribution in [0.4, 0.5) is 0 Å². The van der Waals surface area contributed by atoms with E-state index in [2.05, 4.69) is 10.6 Å². The third-order valence-electron chi connectivity index (χ3n) is 2.62. The van der Waals surface area contributed by atoms with E-state index in [0.717, 1.165) is 0 Å². The van der Waals surface area contributed by atoms with Gasteiger partial charge in [0.15, 0.2) is 0 Å². The smallest absolute Gasteiger partial charge is 0.249 e. The highest BCUT2D eigenvalue weighted by molar-refractivity contribution is 6.01. The van der Waals surface area contributed by atoms with Gasteiger partial charge in [0.2, 0.25) is 17.7 Å². The van der Waals surface area contributed by atoms with Gasteiger partial charge in [-0.25, -0.2) is 0 Å². The van der Waals surface area contributed by atoms with Crippen molar-refractivity contribution in [2.24, 2.45) is 11.7 Å². The molecule has 1 rings (SSSR count). The van der Waals surface area contributed by atoms with Crippen LogP contribution in [0.2, 0.25) is 0 Å². The van der Waals surface area contributed by atoms with Crippen LogP contribution in [-0.4, -0.2) is 29.8 Å². The van der Waals surface area contributed by atoms with Crippen molar-refractivity contribution in [3.05, 3.63) is 0 Å². The van der Waals surface area contributed by atoms with Gasteiger partial charge in [-0.1, -0.05) is 13.8 Å². The molecule has 1 fully saturated rings. The predicted molar refractivity (Wildman–Crippen MR) is 61.7 cm³/mol. The Hall–Kier alpha value is -1.43. The van der Waals surface area contributed by atoms with Crippen molar-refractivity contribution in [2.75, 3.05) is 0 Å². The number of imide groups is 1. The summed E-state index contributed by atoms with van der Waals surface area (Å²) in [5, 5.41) is 4.75. The standard InChI is InChI=1S/C11H19N3O3/c1-6(2)5-7(12)10(16)13-8-3-4-9(15)14-11(8)17/h6-8H,3-5,12H2,1-2H3,(H,13,16)(H,14,15,17)/t7-,8?/m0/s1. The monoisotopic (exact) mass is 241 g/mol. The molecule has 1 saturated heterocycles. The molecule has 0 bridgehead atoms. The molecule has 0 aromatic carbocycles. The van der Waals surface area contributed by atoms with Crippen LogP contribution in [0, 0.1) is 5.92 Å². The van der Waals surface area contributed by atoms with E-state index in [4.69, 9.17) is 5.73 Å². The molecule has 6 nitrogen and oxygen atoms in total. The van der Waals surface area contributed by atoms with Crippen molar-refractivity contribution in [2.45, 2.75) is 45.2 Å². The molecule has 6 heteroatoms. The minimum absolute atomic E-state index is 0.246. The van der Waals surface area contributed by atoms with Gasteiger partial charge in [0, 0.05) is 6.42 Å². The lowest BCUT2D eigenvalue weighted by molar-refractivity contribution is -0.137. The predicted octanol–water partition coefficient (Wildman–Crippen LogP) is -0.719. The number of nitrogens with two attached hydrogens (primary N) is 1. The fourth-order valence-corrected chi connectivity index (χ4v) is 1.72. The van der Waals surface area contributed by atoms with Crippen LogP contribution in [0.25, 0.3) is 0 Å². The first-order valence-corrected chi connectivity index (χ1v) is 5.79. The van der Waals surface area contributed by atoms with E-state index in [1.54, 1.807) is 0 Å². The van der Waals surface area contributed by atoms with Crippen molar-refractivity contribution in [3.8, 4) is 0 Å². The van der Waals surface area contributed by atoms with Gasteiger partial charge in [-0.05, 0) is 18.8 Å². The molecule has 0 aliphatic carbocycles. The van der Waals surface area contributed by atoms with Gasteiger partial charge < -0.3 is 11.1 Å². The molecule has 1 heterocycles. The summed E-state index contributed by atoms with van der Waals surface area (Å²) in [4.78, 5) is 34.0. The third kappa shape index (κ3) is 4.14. The summed E-state index contributed by atoms with van der Waals surface area (Å²) >= 11 is 0. The highest BCUT2D eigenvalue weighted by Gasteiger charge is 2.29. The van der Waals surface area contributed by atoms with Crippen molar-refractivity contribution in [1.82, 2.24) is 10.6 Å². The molecule has 96 valence electrons. The molecule has 3 amide bonds. The molecule has 0 saturated carbocycles. The van der Waals surface area contributed by atoms with E-state index in [1.165, 1.54) is 0 Å². The number of rotatable bonds is 4. The van der Waals surface area contributed by atoms with E-state index in [-0.39, 0.29) is 18.2 Å². The lowest BCUT2D eigenvalue weighted by Crippen LogP contribution is -2.55. The van der Waals surface area contributed by atoms with Gasteiger partial charge in [0.1, 0.15) is 6.04 Å². The van der Waals surface area contributed by atoms with Gasteiger partial charge >= 0.3 is 0 Å². The topological polar surface area (TPSA) is 101 Å². The first-order valence-electron chi connectivity index (χ1n) is 5.79. The maximum atomic E-state index is 11.7. The Kier molecular flexibility index (Phi) is 4.62. The van der Waals surface area contributed by atoms with Gasteiger partial charge in [-0.15, -0.1) is 0 Å². The maximum Gasteiger partial charge on any atom is 0.249 e. The summed E-state index contributed by atoms with van der Waals surface area (Å²) in [5.41, 5.74) is 5.70. The molecular formula is C11H19N3O3. The second-order valence-corrected chi connectivity index (χ2v) is 4.75. The normalized spacial score (nSPS) is 22.2. The van der Waals surface area contributed by atoms with Crippen molar-refractivity contribution < 1.29 is 14.4 Å². The Balaban J connectivity index is 2.45. The Labute approximate surface area is 100 Å². The molecule has 0 spiro atoms. The fraction of sp³-hybridized carbons (Fsp3) is 0.727. The Morgan fingerprint density at radius 1 is 1.53 bits per heavy atom. The highest BCUT2D eigenvalue weighted by Crippen LogP contribution is 2.06. The Morgan fingerprint density at radius 2 is 2.18 bits per heavy atom. The number of carbonyl (C=O) groups is 3. The molecule has 4 N–H and O–H groups in total. The van der Waals surface area contributed by atoms with Crippen molar-refractivity contribution in [3.63, 3.8) is 0 Å². The number of amides is 3. The Bertz CT molecular complexity index is 328. The second kappa shape index (κ2) is 5.77. The van der Waals surface area contributed by atoms with Crippen LogP contribution >= 0.6 is 0 Å². The molecule has 2 atom stereocenters. The first-order chi connectivity index (χ1) is 7.90. The van der Waals surface area contributed by atoms with Crippen LogP contribution in [0.1, 0.15) is 33.1 Å². The lowest BCUT2D eigenvalue weighted by Gasteiger charge is -2.23. The number of carbonyl (C=O) groups excluding carboxylic acids is 3. The molecule has 17 heavy (non-hydrogen) atoms. The second-order valence-electron chi connectivity index (χ2n) is 4.75. The zero-order valence-electron chi connectivity index (χ0n) is 10.2. The zero-order chi connectivity index (χ0) is 13.0. The van der Waals surface area contributed by atoms with E-state index in [1.807, 2.05) is 13.8 Å². The largest absolute Gasteiger partial charge is 0.343 e. The van der Waals surface area contributed by atoms with E-state index in [9.17, 15) is 14.4 Å². The van der Waals surface area contributed by atoms with E-state index >= 15 is 0 Å². The fourth-order valence-electron chi connectivity index (χ4n) is 1.72. The minimum atomic E-state index is -0.640. The molecule has 0 aromatic rings. The molecule has 1 aliphatic rings. The summed E-state index contributed by atoms with van der Waals surface area (Å²) < 4.78 is 0. The first kappa shape index (κ1) is 13.6. The third-order valence-corrected chi connectivity index (χ3v) is 2.62. The van der Waals surface area contributed by atoms with Crippen molar-refractivity contribution in [1.29, 1.82) is 0 Å². The van der Waals surface area contributed by atoms with Crippen LogP contribution in [0.5, 0.6) is 0 Å². The van der Waals surface area contributed by atoms with Gasteiger partial charge in [-0.2, -0.15) is 0 Å². The van der Waals surface area contributed by atoms with Crippen molar-refractivity contribution >= 4 is 17.7 Å². The molecule has 1 unspecified atom stereocenters. The van der Waals surface area contributed by atoms with E-state index < -0.39 is 18.0 Å². The number of nitrogens with one attached hydrogen (secondary N) is 2. The zero-order valence-corrected chi connectivity index (χ0v) is 10.2. The van der Waals surface area contributed by atoms with Gasteiger partial charge in [-0.3, -0.25) is 19.7 Å². The lowest BCUT2D eigenvalue weighted by atomic mass is 10.0. The van der Waals surface area contributed by atoms with Crippen LogP contribution < -0.4 is 16.4 Å². The SMILES string of the molecule is CC(C)C[C@H](N)C(=O)NC1CCC(=O)NC1=O. The molecular weight excluding hydrogens is 222 g/mol. The number of hydrogen-bond donors (Lipinski definition) is 3. The highest BCUT2D eigenvalue weighted by atomic mass is 16.2. The van der Waals surface area contributed by atoms with Gasteiger partial charge in [0.05, 0.1) is 6.04 Å². The molecule has 0 aromatic heterocycles. The maximum absolute atomic E-state index is 11.7. The minimum Gasteiger partial charge on any atom is -0.343 e. The van der Waals surface area contributed by atoms with Crippen LogP contribution in [0.3, 0.4) is 0 Å². The number of piperidine rings is 1. The van der Waals surface area contributed by atoms with E-state index in [0.29, 0.717) is 18.8 Å². The summed E-state index contributed by atoms with van der Waals surface area (Å²) in [5.74, 6) is -0.774. The number of hydrogen-bond acceptors (Lipinski definition) is 4. The van der Waals surface area contributed by atoms with Crippen LogP contribution in [-0.2, 0) is 14.4 Å². The quantitative estimate of drug-likeness (QED) is 0.565. The van der Waals surface area contributed by atoms with Crippen LogP contribution in [0.15, 0.2) is 0 Å². The average molecular weight is 241 g/mol. The average Bonchev–Trinajstić information content (AvgIpc) is 2.21. The summed E-state index contributed by atoms with van der Waals surface area (Å²) in [7, 11) is 0. The summed E-state index contributed by atoms with van der Waals surface area (Å²) in [6.07, 6.45) is 1.15. The van der Waals surface area contributed by atoms with Gasteiger partial charge in [0.25, 0.3) is 0 Å².